The van der Waals surface area contributed by atoms with Gasteiger partial charge in [0.15, 0.2) is 0 Å². The van der Waals surface area contributed by atoms with E-state index in [-0.39, 0.29) is 5.41 Å². The van der Waals surface area contributed by atoms with Crippen LogP contribution in [0.5, 0.6) is 11.5 Å². The van der Waals surface area contributed by atoms with Gasteiger partial charge < -0.3 is 9.05 Å². The Labute approximate surface area is 201 Å². The largest absolute Gasteiger partial charge is 0.427 e. The molecule has 5 heteroatoms. The number of hydrogen-bond acceptors (Lipinski definition) is 4. The summed E-state index contributed by atoms with van der Waals surface area (Å²) in [6.07, 6.45) is 3.93. The van der Waals surface area contributed by atoms with Gasteiger partial charge in [-0.3, -0.25) is 4.98 Å². The van der Waals surface area contributed by atoms with Crippen molar-refractivity contribution in [2.45, 2.75) is 26.2 Å². The van der Waals surface area contributed by atoms with Gasteiger partial charge in [-0.15, -0.1) is 0 Å². The van der Waals surface area contributed by atoms with E-state index in [0.29, 0.717) is 11.5 Å². The highest BCUT2D eigenvalue weighted by Gasteiger charge is 2.37. The molecule has 0 aliphatic carbocycles. The van der Waals surface area contributed by atoms with Gasteiger partial charge >= 0.3 is 7.51 Å². The van der Waals surface area contributed by atoms with Crippen LogP contribution in [0, 0.1) is 0 Å². The van der Waals surface area contributed by atoms with E-state index in [0.717, 1.165) is 22.3 Å². The molecule has 0 N–H and O–H groups in total. The van der Waals surface area contributed by atoms with Gasteiger partial charge in [0.05, 0.1) is 16.7 Å². The van der Waals surface area contributed by atoms with Gasteiger partial charge in [0.2, 0.25) is 0 Å². The fourth-order valence-corrected chi connectivity index (χ4v) is 6.22. The number of pyridine rings is 1. The number of rotatable bonds is 5. The van der Waals surface area contributed by atoms with Crippen molar-refractivity contribution >= 4 is 24.6 Å². The Bertz CT molecular complexity index is 1330. The first-order valence-corrected chi connectivity index (χ1v) is 12.9. The van der Waals surface area contributed by atoms with Crippen LogP contribution in [-0.2, 0) is 5.41 Å². The lowest BCUT2D eigenvalue weighted by Gasteiger charge is -2.30. The van der Waals surface area contributed by atoms with E-state index in [1.807, 2.05) is 78.9 Å². The van der Waals surface area contributed by atoms with Crippen molar-refractivity contribution in [2.24, 2.45) is 4.74 Å². The third kappa shape index (κ3) is 4.55. The molecule has 0 unspecified atom stereocenters. The lowest BCUT2D eigenvalue weighted by Crippen LogP contribution is -2.12. The molecule has 0 radical (unpaired) electrons. The van der Waals surface area contributed by atoms with E-state index in [1.165, 1.54) is 5.56 Å². The minimum absolute atomic E-state index is 0.0266. The smallest absolute Gasteiger partial charge is 0.353 e. The number of hydrogen-bond donors (Lipinski definition) is 0. The summed E-state index contributed by atoms with van der Waals surface area (Å²) in [5.74, 6) is 1.40. The SMILES string of the molecule is CC(C)(C)c1ccc2c(c1)C=C(c1ccccn1)P(Oc1ccccc1)(Oc1ccccc1)=N2. The summed E-state index contributed by atoms with van der Waals surface area (Å²) in [6, 6.07) is 31.7. The highest BCUT2D eigenvalue weighted by Crippen LogP contribution is 2.66. The summed E-state index contributed by atoms with van der Waals surface area (Å²) in [4.78, 5) is 4.66. The van der Waals surface area contributed by atoms with Crippen LogP contribution in [0.4, 0.5) is 5.69 Å². The first-order chi connectivity index (χ1) is 16.4. The minimum Gasteiger partial charge on any atom is -0.427 e. The van der Waals surface area contributed by atoms with Crippen LogP contribution in [-0.4, -0.2) is 4.98 Å². The monoisotopic (exact) mass is 466 g/mol. The van der Waals surface area contributed by atoms with Gasteiger partial charge in [-0.2, -0.15) is 4.74 Å². The van der Waals surface area contributed by atoms with Crippen molar-refractivity contribution < 1.29 is 9.05 Å². The summed E-state index contributed by atoms with van der Waals surface area (Å²) in [7, 11) is -3.03. The summed E-state index contributed by atoms with van der Waals surface area (Å²) in [6.45, 7) is 6.64. The maximum absolute atomic E-state index is 6.68. The lowest BCUT2D eigenvalue weighted by molar-refractivity contribution is 0.488. The van der Waals surface area contributed by atoms with Crippen LogP contribution in [0.15, 0.2) is 108 Å². The van der Waals surface area contributed by atoms with Gasteiger partial charge in [0.25, 0.3) is 0 Å². The summed E-state index contributed by atoms with van der Waals surface area (Å²) in [5.41, 5.74) is 3.96. The molecule has 4 nitrogen and oxygen atoms in total. The molecule has 0 atom stereocenters. The zero-order valence-corrected chi connectivity index (χ0v) is 20.4. The van der Waals surface area contributed by atoms with Crippen molar-refractivity contribution in [3.05, 3.63) is 120 Å². The van der Waals surface area contributed by atoms with Gasteiger partial charge in [0, 0.05) is 11.8 Å². The predicted octanol–water partition coefficient (Wildman–Crippen LogP) is 8.71. The molecule has 1 aromatic heterocycles. The molecule has 1 aliphatic rings. The maximum Gasteiger partial charge on any atom is 0.353 e. The molecule has 0 saturated carbocycles. The third-order valence-corrected chi connectivity index (χ3v) is 7.96. The molecule has 2 heterocycles. The van der Waals surface area contributed by atoms with E-state index in [4.69, 9.17) is 13.8 Å². The van der Waals surface area contributed by atoms with E-state index in [2.05, 4.69) is 50.0 Å². The Morgan fingerprint density at radius 3 is 1.88 bits per heavy atom. The molecule has 0 bridgehead atoms. The van der Waals surface area contributed by atoms with Crippen molar-refractivity contribution in [3.63, 3.8) is 0 Å². The molecule has 0 saturated heterocycles. The van der Waals surface area contributed by atoms with E-state index in [9.17, 15) is 0 Å². The lowest BCUT2D eigenvalue weighted by atomic mass is 9.86. The van der Waals surface area contributed by atoms with Crippen LogP contribution < -0.4 is 9.05 Å². The van der Waals surface area contributed by atoms with Gasteiger partial charge in [-0.1, -0.05) is 69.3 Å². The topological polar surface area (TPSA) is 43.7 Å². The fraction of sp³-hybridized carbons (Fsp3) is 0.138. The third-order valence-electron chi connectivity index (χ3n) is 5.60. The van der Waals surface area contributed by atoms with Crippen molar-refractivity contribution in [3.8, 4) is 11.5 Å². The standard InChI is InChI=1S/C29H27N2O2P/c1-29(2,3)23-17-18-26-22(20-23)21-28(27-16-10-11-19-30-27)34(31-26,32-24-12-6-4-7-13-24)33-25-14-8-5-9-15-25/h4-21H,1-3H3. The van der Waals surface area contributed by atoms with Crippen molar-refractivity contribution in [1.29, 1.82) is 0 Å². The first-order valence-electron chi connectivity index (χ1n) is 11.3. The number of nitrogens with zero attached hydrogens (tertiary/aromatic N) is 2. The number of para-hydroxylation sites is 2. The Morgan fingerprint density at radius 2 is 1.32 bits per heavy atom. The van der Waals surface area contributed by atoms with Gasteiger partial charge in [-0.05, 0) is 65.6 Å². The second-order valence-corrected chi connectivity index (χ2v) is 11.3. The number of aromatic nitrogens is 1. The van der Waals surface area contributed by atoms with Gasteiger partial charge in [0.1, 0.15) is 11.5 Å². The first kappa shape index (κ1) is 22.2. The molecule has 170 valence electrons. The molecule has 1 aliphatic heterocycles. The Morgan fingerprint density at radius 1 is 0.706 bits per heavy atom. The highest BCUT2D eigenvalue weighted by atomic mass is 31.2. The molecular formula is C29H27N2O2P. The maximum atomic E-state index is 6.68. The molecule has 0 spiro atoms. The fourth-order valence-electron chi connectivity index (χ4n) is 3.79. The predicted molar refractivity (Wildman–Crippen MR) is 140 cm³/mol. The number of fused-ring (bicyclic) bond motifs is 1. The molecular weight excluding hydrogens is 439 g/mol. The van der Waals surface area contributed by atoms with Crippen LogP contribution in [0.2, 0.25) is 0 Å². The number of benzene rings is 3. The van der Waals surface area contributed by atoms with Crippen molar-refractivity contribution in [2.75, 3.05) is 0 Å². The average Bonchev–Trinajstić information content (AvgIpc) is 2.84. The molecule has 0 fully saturated rings. The molecule has 34 heavy (non-hydrogen) atoms. The molecule has 5 rings (SSSR count). The normalized spacial score (nSPS) is 14.4. The van der Waals surface area contributed by atoms with Crippen LogP contribution >= 0.6 is 7.51 Å². The second kappa shape index (κ2) is 8.96. The quantitative estimate of drug-likeness (QED) is 0.276. The van der Waals surface area contributed by atoms with E-state index in [1.54, 1.807) is 6.20 Å². The van der Waals surface area contributed by atoms with Gasteiger partial charge in [-0.25, -0.2) is 0 Å². The van der Waals surface area contributed by atoms with E-state index < -0.39 is 7.51 Å². The summed E-state index contributed by atoms with van der Waals surface area (Å²) in [5, 5.41) is 0.847. The molecule has 3 aromatic carbocycles. The van der Waals surface area contributed by atoms with Crippen molar-refractivity contribution in [1.82, 2.24) is 4.98 Å². The zero-order chi connectivity index (χ0) is 23.6. The van der Waals surface area contributed by atoms with Crippen LogP contribution in [0.1, 0.15) is 37.6 Å². The molecule has 0 amide bonds. The minimum atomic E-state index is -3.03. The van der Waals surface area contributed by atoms with E-state index >= 15 is 0 Å². The Balaban J connectivity index is 1.76. The van der Waals surface area contributed by atoms with Crippen LogP contribution in [0.3, 0.4) is 0 Å². The summed E-state index contributed by atoms with van der Waals surface area (Å²) >= 11 is 0. The summed E-state index contributed by atoms with van der Waals surface area (Å²) < 4.78 is 18.6. The second-order valence-electron chi connectivity index (χ2n) is 9.20. The Hall–Kier alpha value is -3.62. The highest BCUT2D eigenvalue weighted by molar-refractivity contribution is 7.68. The molecule has 4 aromatic rings. The zero-order valence-electron chi connectivity index (χ0n) is 19.6. The average molecular weight is 467 g/mol. The van der Waals surface area contributed by atoms with Crippen LogP contribution in [0.25, 0.3) is 11.4 Å². The Kier molecular flexibility index (Phi) is 5.85.